The molecular formula is C20H27BrN4O2. The summed E-state index contributed by atoms with van der Waals surface area (Å²) in [5.41, 5.74) is 3.79. The lowest BCUT2D eigenvalue weighted by atomic mass is 10.2. The number of nitrogens with zero attached hydrogens (tertiary/aromatic N) is 4. The summed E-state index contributed by atoms with van der Waals surface area (Å²) in [6.07, 6.45) is -0.236. The fourth-order valence-electron chi connectivity index (χ4n) is 3.23. The number of aryl methyl sites for hydroxylation is 2. The summed E-state index contributed by atoms with van der Waals surface area (Å²) < 4.78 is 8.45. The highest BCUT2D eigenvalue weighted by Gasteiger charge is 2.26. The van der Waals surface area contributed by atoms with Crippen LogP contribution in [-0.2, 0) is 4.74 Å². The molecule has 1 fully saturated rings. The van der Waals surface area contributed by atoms with Gasteiger partial charge in [0.15, 0.2) is 0 Å². The van der Waals surface area contributed by atoms with Crippen molar-refractivity contribution in [2.45, 2.75) is 40.2 Å². The summed E-state index contributed by atoms with van der Waals surface area (Å²) in [5.74, 6) is 0. The summed E-state index contributed by atoms with van der Waals surface area (Å²) >= 11 is 3.62. The summed E-state index contributed by atoms with van der Waals surface area (Å²) in [6.45, 7) is 12.6. The standard InChI is InChI=1S/C20H27BrN4O2/c1-14-10-15(2)25(22-14)18-12-16(21)11-17(13-18)23-6-8-24(9-7-23)19(26)27-20(3,4)5/h10-13H,6-9H2,1-5H3. The van der Waals surface area contributed by atoms with E-state index >= 15 is 0 Å². The highest BCUT2D eigenvalue weighted by molar-refractivity contribution is 9.10. The van der Waals surface area contributed by atoms with Crippen molar-refractivity contribution in [1.82, 2.24) is 14.7 Å². The minimum absolute atomic E-state index is 0.236. The molecular weight excluding hydrogens is 408 g/mol. The SMILES string of the molecule is Cc1cc(C)n(-c2cc(Br)cc(N3CCN(C(=O)OC(C)(C)C)CC3)c2)n1. The van der Waals surface area contributed by atoms with Crippen molar-refractivity contribution in [3.8, 4) is 5.69 Å². The average molecular weight is 435 g/mol. The number of hydrogen-bond donors (Lipinski definition) is 0. The normalized spacial score (nSPS) is 15.2. The van der Waals surface area contributed by atoms with Crippen LogP contribution in [0.5, 0.6) is 0 Å². The van der Waals surface area contributed by atoms with Crippen LogP contribution < -0.4 is 4.90 Å². The fourth-order valence-corrected chi connectivity index (χ4v) is 3.70. The van der Waals surface area contributed by atoms with E-state index in [2.05, 4.69) is 57.1 Å². The number of piperazine rings is 1. The molecule has 0 radical (unpaired) electrons. The Morgan fingerprint density at radius 2 is 1.67 bits per heavy atom. The lowest BCUT2D eigenvalue weighted by Gasteiger charge is -2.37. The van der Waals surface area contributed by atoms with Crippen LogP contribution in [0.3, 0.4) is 0 Å². The second kappa shape index (κ2) is 7.54. The Labute approximate surface area is 169 Å². The molecule has 1 saturated heterocycles. The van der Waals surface area contributed by atoms with E-state index in [1.54, 1.807) is 4.90 Å². The first-order chi connectivity index (χ1) is 12.6. The number of halogens is 1. The minimum Gasteiger partial charge on any atom is -0.444 e. The molecule has 2 aromatic rings. The number of anilines is 1. The van der Waals surface area contributed by atoms with Crippen molar-refractivity contribution < 1.29 is 9.53 Å². The molecule has 1 aromatic carbocycles. The van der Waals surface area contributed by atoms with E-state index in [4.69, 9.17) is 4.74 Å². The highest BCUT2D eigenvalue weighted by atomic mass is 79.9. The number of hydrogen-bond acceptors (Lipinski definition) is 4. The Balaban J connectivity index is 1.73. The number of benzene rings is 1. The van der Waals surface area contributed by atoms with Gasteiger partial charge in [0, 0.05) is 42.0 Å². The number of carbonyl (C=O) groups excluding carboxylic acids is 1. The first-order valence-electron chi connectivity index (χ1n) is 9.19. The Morgan fingerprint density at radius 1 is 1.04 bits per heavy atom. The largest absolute Gasteiger partial charge is 0.444 e. The van der Waals surface area contributed by atoms with Crippen molar-refractivity contribution in [1.29, 1.82) is 0 Å². The van der Waals surface area contributed by atoms with E-state index in [1.807, 2.05) is 32.4 Å². The van der Waals surface area contributed by atoms with Gasteiger partial charge in [0.2, 0.25) is 0 Å². The van der Waals surface area contributed by atoms with Gasteiger partial charge in [-0.05, 0) is 58.9 Å². The van der Waals surface area contributed by atoms with Crippen LogP contribution in [-0.4, -0.2) is 52.6 Å². The van der Waals surface area contributed by atoms with Crippen LogP contribution in [0.15, 0.2) is 28.7 Å². The molecule has 0 aliphatic carbocycles. The first-order valence-corrected chi connectivity index (χ1v) is 9.99. The second-order valence-electron chi connectivity index (χ2n) is 7.96. The maximum Gasteiger partial charge on any atom is 0.410 e. The molecule has 1 aromatic heterocycles. The lowest BCUT2D eigenvalue weighted by molar-refractivity contribution is 0.0240. The molecule has 7 heteroatoms. The van der Waals surface area contributed by atoms with Crippen LogP contribution in [0.25, 0.3) is 5.69 Å². The maximum atomic E-state index is 12.3. The third-order valence-corrected chi connectivity index (χ3v) is 4.88. The van der Waals surface area contributed by atoms with Gasteiger partial charge in [-0.25, -0.2) is 9.48 Å². The molecule has 2 heterocycles. The van der Waals surface area contributed by atoms with Gasteiger partial charge in [-0.15, -0.1) is 0 Å². The van der Waals surface area contributed by atoms with Crippen LogP contribution in [0.4, 0.5) is 10.5 Å². The lowest BCUT2D eigenvalue weighted by Crippen LogP contribution is -2.50. The number of rotatable bonds is 2. The van der Waals surface area contributed by atoms with E-state index in [9.17, 15) is 4.79 Å². The van der Waals surface area contributed by atoms with Crippen molar-refractivity contribution >= 4 is 27.7 Å². The van der Waals surface area contributed by atoms with Crippen LogP contribution in [0, 0.1) is 13.8 Å². The van der Waals surface area contributed by atoms with Crippen LogP contribution >= 0.6 is 15.9 Å². The molecule has 1 aliphatic rings. The zero-order valence-electron chi connectivity index (χ0n) is 16.6. The topological polar surface area (TPSA) is 50.6 Å². The Morgan fingerprint density at radius 3 is 2.22 bits per heavy atom. The van der Waals surface area contributed by atoms with Gasteiger partial charge in [0.25, 0.3) is 0 Å². The van der Waals surface area contributed by atoms with Crippen molar-refractivity contribution in [2.24, 2.45) is 0 Å². The zero-order chi connectivity index (χ0) is 19.8. The van der Waals surface area contributed by atoms with Crippen molar-refractivity contribution in [2.75, 3.05) is 31.1 Å². The summed E-state index contributed by atoms with van der Waals surface area (Å²) in [7, 11) is 0. The molecule has 0 atom stereocenters. The van der Waals surface area contributed by atoms with Gasteiger partial charge in [0.1, 0.15) is 5.60 Å². The number of carbonyl (C=O) groups is 1. The molecule has 0 N–H and O–H groups in total. The van der Waals surface area contributed by atoms with Gasteiger partial charge in [0.05, 0.1) is 11.4 Å². The average Bonchev–Trinajstić information content (AvgIpc) is 2.91. The molecule has 0 bridgehead atoms. The van der Waals surface area contributed by atoms with E-state index in [1.165, 1.54) is 0 Å². The van der Waals surface area contributed by atoms with Gasteiger partial charge in [-0.1, -0.05) is 15.9 Å². The maximum absolute atomic E-state index is 12.3. The van der Waals surface area contributed by atoms with Crippen LogP contribution in [0.2, 0.25) is 0 Å². The molecule has 0 unspecified atom stereocenters. The quantitative estimate of drug-likeness (QED) is 0.706. The smallest absolute Gasteiger partial charge is 0.410 e. The fraction of sp³-hybridized carbons (Fsp3) is 0.500. The number of amides is 1. The summed E-state index contributed by atoms with van der Waals surface area (Å²) in [4.78, 5) is 16.3. The Kier molecular flexibility index (Phi) is 5.51. The third kappa shape index (κ3) is 4.83. The zero-order valence-corrected chi connectivity index (χ0v) is 18.2. The molecule has 1 aliphatic heterocycles. The van der Waals surface area contributed by atoms with E-state index in [-0.39, 0.29) is 6.09 Å². The van der Waals surface area contributed by atoms with Gasteiger partial charge in [-0.2, -0.15) is 5.10 Å². The minimum atomic E-state index is -0.465. The molecule has 0 spiro atoms. The highest BCUT2D eigenvalue weighted by Crippen LogP contribution is 2.27. The van der Waals surface area contributed by atoms with Crippen LogP contribution in [0.1, 0.15) is 32.2 Å². The Bertz CT molecular complexity index is 833. The van der Waals surface area contributed by atoms with Crippen molar-refractivity contribution in [3.05, 3.63) is 40.1 Å². The Hall–Kier alpha value is -2.02. The van der Waals surface area contributed by atoms with Gasteiger partial charge >= 0.3 is 6.09 Å². The molecule has 6 nitrogen and oxygen atoms in total. The second-order valence-corrected chi connectivity index (χ2v) is 8.88. The van der Waals surface area contributed by atoms with E-state index in [0.29, 0.717) is 13.1 Å². The number of aromatic nitrogens is 2. The molecule has 146 valence electrons. The van der Waals surface area contributed by atoms with E-state index < -0.39 is 5.60 Å². The third-order valence-electron chi connectivity index (χ3n) is 4.42. The predicted octanol–water partition coefficient (Wildman–Crippen LogP) is 4.31. The predicted molar refractivity (Wildman–Crippen MR) is 111 cm³/mol. The first kappa shape index (κ1) is 19.7. The number of ether oxygens (including phenoxy) is 1. The summed E-state index contributed by atoms with van der Waals surface area (Å²) in [6, 6.07) is 8.39. The van der Waals surface area contributed by atoms with Crippen molar-refractivity contribution in [3.63, 3.8) is 0 Å². The molecule has 3 rings (SSSR count). The summed E-state index contributed by atoms with van der Waals surface area (Å²) in [5, 5.41) is 4.59. The van der Waals surface area contributed by atoms with E-state index in [0.717, 1.165) is 40.3 Å². The molecule has 27 heavy (non-hydrogen) atoms. The van der Waals surface area contributed by atoms with Gasteiger partial charge in [-0.3, -0.25) is 0 Å². The molecule has 1 amide bonds. The molecule has 0 saturated carbocycles. The van der Waals surface area contributed by atoms with Gasteiger partial charge < -0.3 is 14.5 Å². The monoisotopic (exact) mass is 434 g/mol.